The van der Waals surface area contributed by atoms with Gasteiger partial charge in [-0.15, -0.1) is 0 Å². The molecule has 0 aliphatic carbocycles. The third-order valence-corrected chi connectivity index (χ3v) is 3.87. The maximum Gasteiger partial charge on any atom is 0.320 e. The summed E-state index contributed by atoms with van der Waals surface area (Å²) in [5, 5.41) is 9.27. The van der Waals surface area contributed by atoms with E-state index in [-0.39, 0.29) is 6.04 Å². The van der Waals surface area contributed by atoms with Crippen molar-refractivity contribution in [3.63, 3.8) is 0 Å². The Bertz CT molecular complexity index is 404. The fraction of sp³-hybridized carbons (Fsp3) is 0.562. The van der Waals surface area contributed by atoms with Crippen LogP contribution in [0.2, 0.25) is 0 Å². The van der Waals surface area contributed by atoms with Crippen molar-refractivity contribution in [2.24, 2.45) is 5.92 Å². The topological polar surface area (TPSA) is 40.5 Å². The Morgan fingerprint density at radius 2 is 2.11 bits per heavy atom. The van der Waals surface area contributed by atoms with Gasteiger partial charge in [-0.05, 0) is 37.3 Å². The Morgan fingerprint density at radius 3 is 2.79 bits per heavy atom. The molecule has 3 nitrogen and oxygen atoms in total. The summed E-state index contributed by atoms with van der Waals surface area (Å²) in [6.07, 6.45) is 3.99. The van der Waals surface area contributed by atoms with Gasteiger partial charge in [0.1, 0.15) is 6.04 Å². The zero-order chi connectivity index (χ0) is 13.7. The van der Waals surface area contributed by atoms with Gasteiger partial charge in [0.05, 0.1) is 0 Å². The molecule has 1 aliphatic rings. The van der Waals surface area contributed by atoms with Crippen LogP contribution in [0.25, 0.3) is 0 Å². The molecule has 2 rings (SSSR count). The highest BCUT2D eigenvalue weighted by Gasteiger charge is 2.28. The first kappa shape index (κ1) is 14.1. The third-order valence-electron chi connectivity index (χ3n) is 3.87. The van der Waals surface area contributed by atoms with E-state index < -0.39 is 5.97 Å². The molecule has 3 heteroatoms. The predicted octanol–water partition coefficient (Wildman–Crippen LogP) is 2.80. The molecular formula is C16H23NO2. The van der Waals surface area contributed by atoms with E-state index in [9.17, 15) is 9.90 Å². The first-order chi connectivity index (χ1) is 9.16. The van der Waals surface area contributed by atoms with Gasteiger partial charge in [-0.3, -0.25) is 9.69 Å². The van der Waals surface area contributed by atoms with E-state index >= 15 is 0 Å². The van der Waals surface area contributed by atoms with Crippen LogP contribution in [0, 0.1) is 5.92 Å². The highest BCUT2D eigenvalue weighted by atomic mass is 16.4. The summed E-state index contributed by atoms with van der Waals surface area (Å²) >= 11 is 0. The molecule has 0 radical (unpaired) electrons. The van der Waals surface area contributed by atoms with Crippen molar-refractivity contribution in [1.29, 1.82) is 0 Å². The first-order valence-electron chi connectivity index (χ1n) is 7.17. The van der Waals surface area contributed by atoms with Gasteiger partial charge in [-0.1, -0.05) is 43.7 Å². The molecule has 1 aromatic carbocycles. The summed E-state index contributed by atoms with van der Waals surface area (Å²) in [5.74, 6) is -0.172. The minimum absolute atomic E-state index is 0.271. The van der Waals surface area contributed by atoms with Crippen LogP contribution in [0.1, 0.15) is 31.7 Å². The van der Waals surface area contributed by atoms with Crippen molar-refractivity contribution in [3.05, 3.63) is 35.9 Å². The minimum Gasteiger partial charge on any atom is -0.480 e. The van der Waals surface area contributed by atoms with Gasteiger partial charge in [0, 0.05) is 6.54 Å². The molecule has 0 saturated carbocycles. The van der Waals surface area contributed by atoms with E-state index in [1.807, 2.05) is 6.07 Å². The summed E-state index contributed by atoms with van der Waals surface area (Å²) in [6.45, 7) is 4.02. The summed E-state index contributed by atoms with van der Waals surface area (Å²) in [6, 6.07) is 10.2. The van der Waals surface area contributed by atoms with E-state index in [2.05, 4.69) is 36.1 Å². The van der Waals surface area contributed by atoms with E-state index in [0.29, 0.717) is 5.92 Å². The van der Waals surface area contributed by atoms with Crippen LogP contribution in [0.4, 0.5) is 0 Å². The van der Waals surface area contributed by atoms with Crippen LogP contribution >= 0.6 is 0 Å². The van der Waals surface area contributed by atoms with Crippen LogP contribution in [0.15, 0.2) is 30.3 Å². The molecule has 0 aromatic heterocycles. The lowest BCUT2D eigenvalue weighted by Crippen LogP contribution is -2.46. The quantitative estimate of drug-likeness (QED) is 0.886. The number of rotatable bonds is 5. The lowest BCUT2D eigenvalue weighted by Gasteiger charge is -2.34. The second-order valence-corrected chi connectivity index (χ2v) is 5.64. The molecule has 0 spiro atoms. The highest BCUT2D eigenvalue weighted by Crippen LogP contribution is 2.20. The number of likely N-dealkylation sites (tertiary alicyclic amines) is 1. The van der Waals surface area contributed by atoms with Crippen LogP contribution in [0.5, 0.6) is 0 Å². The Labute approximate surface area is 115 Å². The average molecular weight is 261 g/mol. The van der Waals surface area contributed by atoms with E-state index in [1.54, 1.807) is 0 Å². The van der Waals surface area contributed by atoms with Gasteiger partial charge in [0.2, 0.25) is 0 Å². The van der Waals surface area contributed by atoms with Crippen LogP contribution in [-0.2, 0) is 11.2 Å². The number of hydrogen-bond acceptors (Lipinski definition) is 2. The Hall–Kier alpha value is -1.35. The average Bonchev–Trinajstić information content (AvgIpc) is 2.40. The SMILES string of the molecule is CC(Cc1ccccc1)CN1CCCCC1C(=O)O. The summed E-state index contributed by atoms with van der Waals surface area (Å²) in [5.41, 5.74) is 1.33. The summed E-state index contributed by atoms with van der Waals surface area (Å²) in [7, 11) is 0. The number of carboxylic acid groups (broad SMARTS) is 1. The number of hydrogen-bond donors (Lipinski definition) is 1. The molecule has 1 aromatic rings. The van der Waals surface area contributed by atoms with Gasteiger partial charge in [0.15, 0.2) is 0 Å². The first-order valence-corrected chi connectivity index (χ1v) is 7.17. The second-order valence-electron chi connectivity index (χ2n) is 5.64. The highest BCUT2D eigenvalue weighted by molar-refractivity contribution is 5.73. The van der Waals surface area contributed by atoms with Crippen molar-refractivity contribution in [2.75, 3.05) is 13.1 Å². The zero-order valence-electron chi connectivity index (χ0n) is 11.6. The fourth-order valence-corrected chi connectivity index (χ4v) is 2.97. The summed E-state index contributed by atoms with van der Waals surface area (Å²) in [4.78, 5) is 13.4. The molecule has 1 heterocycles. The Kier molecular flexibility index (Phi) is 4.97. The normalized spacial score (nSPS) is 22.1. The van der Waals surface area contributed by atoms with Crippen molar-refractivity contribution >= 4 is 5.97 Å². The zero-order valence-corrected chi connectivity index (χ0v) is 11.6. The minimum atomic E-state index is -0.661. The maximum absolute atomic E-state index is 11.3. The van der Waals surface area contributed by atoms with E-state index in [0.717, 1.165) is 38.8 Å². The van der Waals surface area contributed by atoms with Crippen LogP contribution in [0.3, 0.4) is 0 Å². The molecule has 1 saturated heterocycles. The lowest BCUT2D eigenvalue weighted by molar-refractivity contribution is -0.144. The number of carbonyl (C=O) groups is 1. The smallest absolute Gasteiger partial charge is 0.320 e. The molecule has 2 atom stereocenters. The van der Waals surface area contributed by atoms with Crippen molar-refractivity contribution in [3.8, 4) is 0 Å². The molecule has 104 valence electrons. The largest absolute Gasteiger partial charge is 0.480 e. The van der Waals surface area contributed by atoms with Crippen LogP contribution < -0.4 is 0 Å². The van der Waals surface area contributed by atoms with Gasteiger partial charge in [-0.25, -0.2) is 0 Å². The van der Waals surface area contributed by atoms with Crippen molar-refractivity contribution in [2.45, 2.75) is 38.6 Å². The predicted molar refractivity (Wildman–Crippen MR) is 76.2 cm³/mol. The Balaban J connectivity index is 1.90. The number of nitrogens with zero attached hydrogens (tertiary/aromatic N) is 1. The van der Waals surface area contributed by atoms with Crippen molar-refractivity contribution in [1.82, 2.24) is 4.90 Å². The molecule has 1 aliphatic heterocycles. The molecule has 0 bridgehead atoms. The Morgan fingerprint density at radius 1 is 1.37 bits per heavy atom. The maximum atomic E-state index is 11.3. The number of benzene rings is 1. The molecule has 1 fully saturated rings. The molecule has 2 unspecified atom stereocenters. The number of carboxylic acids is 1. The standard InChI is InChI=1S/C16H23NO2/c1-13(11-14-7-3-2-4-8-14)12-17-10-6-5-9-15(17)16(18)19/h2-4,7-8,13,15H,5-6,9-12H2,1H3,(H,18,19). The number of piperidine rings is 1. The number of aliphatic carboxylic acids is 1. The lowest BCUT2D eigenvalue weighted by atomic mass is 9.97. The van der Waals surface area contributed by atoms with Gasteiger partial charge in [-0.2, -0.15) is 0 Å². The summed E-state index contributed by atoms with van der Waals surface area (Å²) < 4.78 is 0. The van der Waals surface area contributed by atoms with Gasteiger partial charge < -0.3 is 5.11 Å². The fourth-order valence-electron chi connectivity index (χ4n) is 2.97. The molecule has 19 heavy (non-hydrogen) atoms. The second kappa shape index (κ2) is 6.71. The van der Waals surface area contributed by atoms with Crippen LogP contribution in [-0.4, -0.2) is 35.1 Å². The van der Waals surface area contributed by atoms with Gasteiger partial charge in [0.25, 0.3) is 0 Å². The monoisotopic (exact) mass is 261 g/mol. The van der Waals surface area contributed by atoms with Gasteiger partial charge >= 0.3 is 5.97 Å². The molecule has 1 N–H and O–H groups in total. The van der Waals surface area contributed by atoms with Crippen molar-refractivity contribution < 1.29 is 9.90 Å². The molecule has 0 amide bonds. The third kappa shape index (κ3) is 4.06. The molecular weight excluding hydrogens is 238 g/mol. The van der Waals surface area contributed by atoms with E-state index in [4.69, 9.17) is 0 Å². The van der Waals surface area contributed by atoms with E-state index in [1.165, 1.54) is 5.56 Å².